The van der Waals surface area contributed by atoms with Crippen LogP contribution in [0.25, 0.3) is 21.7 Å². The SMILES string of the molecule is CC(c1c[c]c2c(c1)oc(=O)c1ccccc12)N(C)C. The Morgan fingerprint density at radius 2 is 1.90 bits per heavy atom. The van der Waals surface area contributed by atoms with Gasteiger partial charge in [-0.25, -0.2) is 4.79 Å². The summed E-state index contributed by atoms with van der Waals surface area (Å²) < 4.78 is 5.44. The summed E-state index contributed by atoms with van der Waals surface area (Å²) in [5.74, 6) is 0. The molecule has 0 N–H and O–H groups in total. The molecule has 0 aliphatic rings. The predicted octanol–water partition coefficient (Wildman–Crippen LogP) is 3.37. The Morgan fingerprint density at radius 1 is 1.20 bits per heavy atom. The highest BCUT2D eigenvalue weighted by atomic mass is 16.4. The normalized spacial score (nSPS) is 13.2. The van der Waals surface area contributed by atoms with Crippen LogP contribution in [0, 0.1) is 6.07 Å². The minimum absolute atomic E-state index is 0.243. The van der Waals surface area contributed by atoms with Gasteiger partial charge in [0.05, 0.1) is 5.39 Å². The van der Waals surface area contributed by atoms with E-state index in [0.717, 1.165) is 16.3 Å². The number of hydrogen-bond acceptors (Lipinski definition) is 3. The third kappa shape index (κ3) is 2.00. The minimum Gasteiger partial charge on any atom is -0.422 e. The molecule has 2 aromatic carbocycles. The Labute approximate surface area is 117 Å². The molecule has 0 saturated carbocycles. The number of nitrogens with zero attached hydrogens (tertiary/aromatic N) is 1. The van der Waals surface area contributed by atoms with Crippen molar-refractivity contribution in [3.63, 3.8) is 0 Å². The van der Waals surface area contributed by atoms with Crippen LogP contribution in [-0.4, -0.2) is 19.0 Å². The third-order valence-corrected chi connectivity index (χ3v) is 3.80. The van der Waals surface area contributed by atoms with E-state index in [9.17, 15) is 4.79 Å². The fraction of sp³-hybridized carbons (Fsp3) is 0.235. The van der Waals surface area contributed by atoms with E-state index in [1.807, 2.05) is 44.4 Å². The van der Waals surface area contributed by atoms with Gasteiger partial charge in [0.2, 0.25) is 0 Å². The maximum absolute atomic E-state index is 12.0. The summed E-state index contributed by atoms with van der Waals surface area (Å²) in [6.07, 6.45) is 0. The lowest BCUT2D eigenvalue weighted by atomic mass is 10.0. The molecule has 1 atom stereocenters. The van der Waals surface area contributed by atoms with Gasteiger partial charge in [-0.1, -0.05) is 18.2 Å². The van der Waals surface area contributed by atoms with Crippen LogP contribution in [0.3, 0.4) is 0 Å². The molecular weight excluding hydrogens is 250 g/mol. The van der Waals surface area contributed by atoms with Gasteiger partial charge < -0.3 is 9.32 Å². The zero-order chi connectivity index (χ0) is 14.3. The summed E-state index contributed by atoms with van der Waals surface area (Å²) >= 11 is 0. The maximum Gasteiger partial charge on any atom is 0.344 e. The Morgan fingerprint density at radius 3 is 2.60 bits per heavy atom. The van der Waals surface area contributed by atoms with Gasteiger partial charge in [-0.15, -0.1) is 0 Å². The Kier molecular flexibility index (Phi) is 3.07. The fourth-order valence-corrected chi connectivity index (χ4v) is 2.36. The molecule has 3 nitrogen and oxygen atoms in total. The van der Waals surface area contributed by atoms with Crippen molar-refractivity contribution in [1.82, 2.24) is 4.90 Å². The zero-order valence-corrected chi connectivity index (χ0v) is 11.8. The molecule has 1 heterocycles. The third-order valence-electron chi connectivity index (χ3n) is 3.80. The molecular formula is C17H16NO2. The van der Waals surface area contributed by atoms with E-state index < -0.39 is 0 Å². The molecule has 0 aliphatic heterocycles. The second-order valence-corrected chi connectivity index (χ2v) is 5.25. The number of benzene rings is 2. The van der Waals surface area contributed by atoms with Crippen LogP contribution in [0.15, 0.2) is 45.6 Å². The molecule has 0 aliphatic carbocycles. The van der Waals surface area contributed by atoms with Crippen LogP contribution in [0.4, 0.5) is 0 Å². The summed E-state index contributed by atoms with van der Waals surface area (Å²) in [6, 6.07) is 14.9. The Bertz CT molecular complexity index is 833. The number of rotatable bonds is 2. The van der Waals surface area contributed by atoms with Crippen molar-refractivity contribution < 1.29 is 4.42 Å². The molecule has 1 aromatic heterocycles. The van der Waals surface area contributed by atoms with Crippen LogP contribution in [-0.2, 0) is 0 Å². The van der Waals surface area contributed by atoms with Crippen LogP contribution in [0.5, 0.6) is 0 Å². The van der Waals surface area contributed by atoms with Gasteiger partial charge in [0.1, 0.15) is 5.58 Å². The average molecular weight is 266 g/mol. The lowest BCUT2D eigenvalue weighted by molar-refractivity contribution is 0.321. The summed E-state index contributed by atoms with van der Waals surface area (Å²) in [5, 5.41) is 2.35. The highest BCUT2D eigenvalue weighted by Crippen LogP contribution is 2.26. The van der Waals surface area contributed by atoms with Crippen molar-refractivity contribution in [1.29, 1.82) is 0 Å². The lowest BCUT2D eigenvalue weighted by Crippen LogP contribution is -2.16. The van der Waals surface area contributed by atoms with Gasteiger partial charge >= 0.3 is 5.63 Å². The highest BCUT2D eigenvalue weighted by Gasteiger charge is 2.12. The van der Waals surface area contributed by atoms with Gasteiger partial charge in [0, 0.05) is 16.8 Å². The lowest BCUT2D eigenvalue weighted by Gasteiger charge is -2.20. The molecule has 20 heavy (non-hydrogen) atoms. The summed E-state index contributed by atoms with van der Waals surface area (Å²) in [5.41, 5.74) is 1.39. The predicted molar refractivity (Wildman–Crippen MR) is 80.9 cm³/mol. The highest BCUT2D eigenvalue weighted by molar-refractivity contribution is 6.03. The average Bonchev–Trinajstić information content (AvgIpc) is 2.46. The Hall–Kier alpha value is -2.13. The second kappa shape index (κ2) is 4.76. The van der Waals surface area contributed by atoms with Gasteiger partial charge in [-0.05, 0) is 50.8 Å². The monoisotopic (exact) mass is 266 g/mol. The van der Waals surface area contributed by atoms with Crippen molar-refractivity contribution in [2.45, 2.75) is 13.0 Å². The molecule has 0 amide bonds. The van der Waals surface area contributed by atoms with E-state index in [-0.39, 0.29) is 11.7 Å². The summed E-state index contributed by atoms with van der Waals surface area (Å²) in [6.45, 7) is 2.11. The first-order valence-electron chi connectivity index (χ1n) is 6.61. The smallest absolute Gasteiger partial charge is 0.344 e. The zero-order valence-electron chi connectivity index (χ0n) is 11.8. The van der Waals surface area contributed by atoms with E-state index >= 15 is 0 Å². The first kappa shape index (κ1) is 12.9. The van der Waals surface area contributed by atoms with Gasteiger partial charge in [-0.2, -0.15) is 0 Å². The van der Waals surface area contributed by atoms with Crippen molar-refractivity contribution in [3.05, 3.63) is 58.4 Å². The first-order valence-corrected chi connectivity index (χ1v) is 6.61. The van der Waals surface area contributed by atoms with E-state index in [0.29, 0.717) is 11.0 Å². The van der Waals surface area contributed by atoms with Crippen LogP contribution in [0.2, 0.25) is 0 Å². The van der Waals surface area contributed by atoms with Crippen molar-refractivity contribution in [3.8, 4) is 0 Å². The minimum atomic E-state index is -0.295. The molecule has 0 saturated heterocycles. The van der Waals surface area contributed by atoms with Crippen molar-refractivity contribution in [2.75, 3.05) is 14.1 Å². The molecule has 101 valence electrons. The molecule has 1 unspecified atom stereocenters. The molecule has 3 heteroatoms. The molecule has 0 bridgehead atoms. The van der Waals surface area contributed by atoms with Gasteiger partial charge in [0.25, 0.3) is 0 Å². The number of hydrogen-bond donors (Lipinski definition) is 0. The van der Waals surface area contributed by atoms with E-state index in [1.54, 1.807) is 6.07 Å². The van der Waals surface area contributed by atoms with Crippen LogP contribution >= 0.6 is 0 Å². The largest absolute Gasteiger partial charge is 0.422 e. The fourth-order valence-electron chi connectivity index (χ4n) is 2.36. The second-order valence-electron chi connectivity index (χ2n) is 5.25. The molecule has 3 rings (SSSR count). The summed E-state index contributed by atoms with van der Waals surface area (Å²) in [7, 11) is 4.04. The molecule has 3 aromatic rings. The molecule has 0 spiro atoms. The topological polar surface area (TPSA) is 33.5 Å². The van der Waals surface area contributed by atoms with Crippen LogP contribution < -0.4 is 5.63 Å². The summed E-state index contributed by atoms with van der Waals surface area (Å²) in [4.78, 5) is 14.1. The van der Waals surface area contributed by atoms with Gasteiger partial charge in [-0.3, -0.25) is 0 Å². The first-order chi connectivity index (χ1) is 9.58. The Balaban J connectivity index is 2.31. The van der Waals surface area contributed by atoms with E-state index in [4.69, 9.17) is 4.42 Å². The van der Waals surface area contributed by atoms with Crippen LogP contribution in [0.1, 0.15) is 18.5 Å². The molecule has 1 radical (unpaired) electrons. The van der Waals surface area contributed by atoms with Crippen molar-refractivity contribution >= 4 is 21.7 Å². The number of fused-ring (bicyclic) bond motifs is 3. The standard InChI is InChI=1S/C17H16NO2/c1-11(18(2)3)12-8-9-14-13-6-4-5-7-15(13)17(19)20-16(14)10-12/h4-8,10-11H,1-3H3. The van der Waals surface area contributed by atoms with E-state index in [1.165, 1.54) is 0 Å². The quantitative estimate of drug-likeness (QED) is 0.526. The maximum atomic E-state index is 12.0. The molecule has 0 fully saturated rings. The van der Waals surface area contributed by atoms with Crippen molar-refractivity contribution in [2.24, 2.45) is 0 Å². The van der Waals surface area contributed by atoms with Gasteiger partial charge in [0.15, 0.2) is 0 Å². The van der Waals surface area contributed by atoms with E-state index in [2.05, 4.69) is 17.9 Å².